The second-order valence-electron chi connectivity index (χ2n) is 12.4. The van der Waals surface area contributed by atoms with Gasteiger partial charge in [-0.2, -0.15) is 0 Å². The highest BCUT2D eigenvalue weighted by molar-refractivity contribution is 7.92. The fourth-order valence-corrected chi connectivity index (χ4v) is 9.24. The van der Waals surface area contributed by atoms with Gasteiger partial charge in [0.1, 0.15) is 0 Å². The molecule has 0 amide bonds. The summed E-state index contributed by atoms with van der Waals surface area (Å²) in [6.45, 7) is 4.49. The molecule has 0 N–H and O–H groups in total. The van der Waals surface area contributed by atoms with Crippen molar-refractivity contribution in [3.8, 4) is 44.9 Å². The Morgan fingerprint density at radius 1 is 0.533 bits per heavy atom. The summed E-state index contributed by atoms with van der Waals surface area (Å²) in [5, 5.41) is 0. The van der Waals surface area contributed by atoms with E-state index in [9.17, 15) is 8.42 Å². The highest BCUT2D eigenvalue weighted by Crippen LogP contribution is 2.59. The third-order valence-electron chi connectivity index (χ3n) is 9.63. The lowest BCUT2D eigenvalue weighted by Gasteiger charge is -2.29. The molecule has 218 valence electrons. The summed E-state index contributed by atoms with van der Waals surface area (Å²) < 4.78 is 40.7. The monoisotopic (exact) mass is 604 g/mol. The normalized spacial score (nSPS) is 19.0. The Bertz CT molecular complexity index is 2300. The average molecular weight is 605 g/mol. The molecule has 1 unspecified atom stereocenters. The zero-order valence-electron chi connectivity index (χ0n) is 24.7. The Labute approximate surface area is 262 Å². The number of hydrogen-bond donors (Lipinski definition) is 0. The Morgan fingerprint density at radius 2 is 1.18 bits per heavy atom. The number of rotatable bonds is 3. The molecule has 1 atom stereocenters. The zero-order valence-corrected chi connectivity index (χ0v) is 25.6. The molecule has 4 nitrogen and oxygen atoms in total. The number of benzene rings is 6. The van der Waals surface area contributed by atoms with Crippen LogP contribution in [-0.4, -0.2) is 8.42 Å². The Morgan fingerprint density at radius 3 is 1.98 bits per heavy atom. The number of sulfone groups is 1. The van der Waals surface area contributed by atoms with Gasteiger partial charge in [0.25, 0.3) is 0 Å². The fraction of sp³-hybridized carbons (Fsp3) is 0.100. The van der Waals surface area contributed by atoms with Crippen LogP contribution in [0, 0.1) is 0 Å². The topological polar surface area (TPSA) is 52.6 Å². The lowest BCUT2D eigenvalue weighted by atomic mass is 9.82. The summed E-state index contributed by atoms with van der Waals surface area (Å²) in [6.07, 6.45) is 0. The Balaban J connectivity index is 1.18. The second kappa shape index (κ2) is 8.96. The lowest BCUT2D eigenvalue weighted by Crippen LogP contribution is -2.37. The molecule has 0 spiro atoms. The number of fused-ring (bicyclic) bond motifs is 8. The van der Waals surface area contributed by atoms with Crippen LogP contribution >= 0.6 is 0 Å². The second-order valence-corrected chi connectivity index (χ2v) is 14.3. The lowest BCUT2D eigenvalue weighted by molar-refractivity contribution is -0.0464. The molecular weight excluding hydrogens is 577 g/mol. The summed E-state index contributed by atoms with van der Waals surface area (Å²) in [4.78, 5) is 0.705. The van der Waals surface area contributed by atoms with Crippen LogP contribution in [0.3, 0.4) is 0 Å². The van der Waals surface area contributed by atoms with E-state index < -0.39 is 15.6 Å². The minimum atomic E-state index is -3.57. The highest BCUT2D eigenvalue weighted by atomic mass is 32.2. The minimum Gasteiger partial charge on any atom is -0.440 e. The van der Waals surface area contributed by atoms with Crippen LogP contribution in [-0.2, 0) is 21.0 Å². The van der Waals surface area contributed by atoms with E-state index in [1.165, 1.54) is 16.7 Å². The standard InChI is InChI=1S/C40H28O4S/c1-39(2)32-16-8-6-13-29(32)30-23-24-33-38(37(30)39)44-40(43-33,26-11-4-3-5-12-26)27-21-19-25(20-22-27)28-15-10-18-35-36(28)31-14-7-9-17-34(31)45(35,41)42/h3-24H,1-2H3. The smallest absolute Gasteiger partial charge is 0.305 e. The molecule has 0 saturated heterocycles. The maximum atomic E-state index is 13.4. The highest BCUT2D eigenvalue weighted by Gasteiger charge is 2.50. The Hall–Kier alpha value is -5.13. The van der Waals surface area contributed by atoms with Gasteiger partial charge >= 0.3 is 5.79 Å². The van der Waals surface area contributed by atoms with Gasteiger partial charge in [-0.15, -0.1) is 0 Å². The van der Waals surface area contributed by atoms with Crippen molar-refractivity contribution in [3.63, 3.8) is 0 Å². The number of hydrogen-bond acceptors (Lipinski definition) is 4. The van der Waals surface area contributed by atoms with Gasteiger partial charge in [0.05, 0.1) is 9.79 Å². The van der Waals surface area contributed by atoms with E-state index in [2.05, 4.69) is 44.2 Å². The quantitative estimate of drug-likeness (QED) is 0.202. The molecular formula is C40H28O4S. The summed E-state index contributed by atoms with van der Waals surface area (Å²) in [5.41, 5.74) is 9.55. The van der Waals surface area contributed by atoms with Gasteiger partial charge in [0.15, 0.2) is 11.5 Å². The van der Waals surface area contributed by atoms with Crippen LogP contribution in [0.25, 0.3) is 33.4 Å². The van der Waals surface area contributed by atoms with E-state index in [0.29, 0.717) is 15.5 Å². The average Bonchev–Trinajstić information content (AvgIpc) is 3.66. The van der Waals surface area contributed by atoms with Gasteiger partial charge in [-0.1, -0.05) is 129 Å². The van der Waals surface area contributed by atoms with E-state index in [4.69, 9.17) is 9.47 Å². The first kappa shape index (κ1) is 26.3. The molecule has 3 aliphatic rings. The van der Waals surface area contributed by atoms with Crippen LogP contribution in [0.2, 0.25) is 0 Å². The van der Waals surface area contributed by atoms with Gasteiger partial charge in [-0.3, -0.25) is 0 Å². The van der Waals surface area contributed by atoms with Crippen molar-refractivity contribution in [3.05, 3.63) is 156 Å². The molecule has 6 aromatic carbocycles. The summed E-state index contributed by atoms with van der Waals surface area (Å²) in [7, 11) is -3.57. The van der Waals surface area contributed by atoms with E-state index in [0.717, 1.165) is 44.7 Å². The van der Waals surface area contributed by atoms with Crippen molar-refractivity contribution in [1.82, 2.24) is 0 Å². The van der Waals surface area contributed by atoms with Crippen LogP contribution in [0.4, 0.5) is 0 Å². The fourth-order valence-electron chi connectivity index (χ4n) is 7.54. The summed E-state index contributed by atoms with van der Waals surface area (Å²) in [5.74, 6) is 0.283. The predicted octanol–water partition coefficient (Wildman–Crippen LogP) is 9.15. The largest absolute Gasteiger partial charge is 0.440 e. The zero-order chi connectivity index (χ0) is 30.6. The molecule has 9 rings (SSSR count). The molecule has 1 aliphatic carbocycles. The third kappa shape index (κ3) is 3.44. The maximum Gasteiger partial charge on any atom is 0.305 e. The van der Waals surface area contributed by atoms with Crippen molar-refractivity contribution in [2.45, 2.75) is 34.8 Å². The van der Waals surface area contributed by atoms with Crippen molar-refractivity contribution in [1.29, 1.82) is 0 Å². The number of ether oxygens (including phenoxy) is 2. The predicted molar refractivity (Wildman–Crippen MR) is 175 cm³/mol. The van der Waals surface area contributed by atoms with Gasteiger partial charge in [-0.25, -0.2) is 8.42 Å². The van der Waals surface area contributed by atoms with Crippen LogP contribution in [0.15, 0.2) is 143 Å². The van der Waals surface area contributed by atoms with Gasteiger partial charge in [-0.05, 0) is 46.0 Å². The summed E-state index contributed by atoms with van der Waals surface area (Å²) in [6, 6.07) is 43.6. The molecule has 5 heteroatoms. The minimum absolute atomic E-state index is 0.262. The van der Waals surface area contributed by atoms with Gasteiger partial charge < -0.3 is 9.47 Å². The van der Waals surface area contributed by atoms with Gasteiger partial charge in [0, 0.05) is 33.2 Å². The van der Waals surface area contributed by atoms with E-state index >= 15 is 0 Å². The first-order chi connectivity index (χ1) is 21.8. The molecule has 2 aliphatic heterocycles. The van der Waals surface area contributed by atoms with E-state index in [1.807, 2.05) is 84.9 Å². The first-order valence-corrected chi connectivity index (χ1v) is 16.6. The first-order valence-electron chi connectivity index (χ1n) is 15.1. The molecule has 45 heavy (non-hydrogen) atoms. The van der Waals surface area contributed by atoms with Crippen LogP contribution in [0.1, 0.15) is 36.1 Å². The SMILES string of the molecule is CC1(C)c2ccccc2-c2ccc3c(c21)OC(c1ccccc1)(c1ccc(-c2cccc4c2-c2ccccc2S4(=O)=O)cc1)O3. The van der Waals surface area contributed by atoms with Crippen molar-refractivity contribution in [2.24, 2.45) is 0 Å². The summed E-state index contributed by atoms with van der Waals surface area (Å²) >= 11 is 0. The molecule has 0 aromatic heterocycles. The van der Waals surface area contributed by atoms with Crippen LogP contribution < -0.4 is 9.47 Å². The maximum absolute atomic E-state index is 13.4. The van der Waals surface area contributed by atoms with E-state index in [-0.39, 0.29) is 5.41 Å². The third-order valence-corrected chi connectivity index (χ3v) is 11.5. The molecule has 0 fully saturated rings. The van der Waals surface area contributed by atoms with E-state index in [1.54, 1.807) is 18.2 Å². The van der Waals surface area contributed by atoms with Gasteiger partial charge in [0.2, 0.25) is 9.84 Å². The molecule has 6 aromatic rings. The molecule has 2 heterocycles. The van der Waals surface area contributed by atoms with Crippen molar-refractivity contribution < 1.29 is 17.9 Å². The van der Waals surface area contributed by atoms with Crippen LogP contribution in [0.5, 0.6) is 11.5 Å². The van der Waals surface area contributed by atoms with Crippen molar-refractivity contribution in [2.75, 3.05) is 0 Å². The van der Waals surface area contributed by atoms with Crippen molar-refractivity contribution >= 4 is 9.84 Å². The molecule has 0 saturated carbocycles. The Kier molecular flexibility index (Phi) is 5.24. The molecule has 0 bridgehead atoms. The molecule has 0 radical (unpaired) electrons.